The number of fused-ring (bicyclic) bond motifs is 1. The van der Waals surface area contributed by atoms with Gasteiger partial charge >= 0.3 is 6.09 Å². The molecule has 10 heteroatoms. The van der Waals surface area contributed by atoms with Gasteiger partial charge in [-0.2, -0.15) is 0 Å². The number of carbonyl (C=O) groups is 2. The maximum Gasteiger partial charge on any atom is 0.411 e. The summed E-state index contributed by atoms with van der Waals surface area (Å²) in [4.78, 5) is 27.2. The molecule has 2 aromatic heterocycles. The van der Waals surface area contributed by atoms with Crippen molar-refractivity contribution in [2.24, 2.45) is 5.92 Å². The number of likely N-dealkylation sites (tertiary alicyclic amines) is 1. The van der Waals surface area contributed by atoms with Gasteiger partial charge in [0.1, 0.15) is 5.82 Å². The zero-order chi connectivity index (χ0) is 23.9. The number of carbonyl (C=O) groups excluding carboxylic acids is 1. The van der Waals surface area contributed by atoms with E-state index in [0.29, 0.717) is 24.3 Å². The second-order valence-corrected chi connectivity index (χ2v) is 8.71. The van der Waals surface area contributed by atoms with Crippen LogP contribution in [-0.4, -0.2) is 70.0 Å². The van der Waals surface area contributed by atoms with Gasteiger partial charge in [-0.3, -0.25) is 10.1 Å². The lowest BCUT2D eigenvalue weighted by Crippen LogP contribution is -2.36. The van der Waals surface area contributed by atoms with Crippen molar-refractivity contribution in [2.45, 2.75) is 31.7 Å². The molecular formula is C24H30N6O4. The van der Waals surface area contributed by atoms with E-state index in [2.05, 4.69) is 27.6 Å². The topological polar surface area (TPSA) is 121 Å². The zero-order valence-corrected chi connectivity index (χ0v) is 19.2. The smallest absolute Gasteiger partial charge is 0.411 e. The van der Waals surface area contributed by atoms with Gasteiger partial charge in [0.2, 0.25) is 0 Å². The highest BCUT2D eigenvalue weighted by molar-refractivity contribution is 5.85. The minimum atomic E-state index is -0.412. The predicted molar refractivity (Wildman–Crippen MR) is 129 cm³/mol. The number of ether oxygens (including phenoxy) is 1. The molecule has 34 heavy (non-hydrogen) atoms. The third kappa shape index (κ3) is 6.22. The molecule has 3 N–H and O–H groups in total. The Morgan fingerprint density at radius 2 is 1.97 bits per heavy atom. The van der Waals surface area contributed by atoms with Crippen molar-refractivity contribution in [3.63, 3.8) is 0 Å². The molecule has 2 fully saturated rings. The van der Waals surface area contributed by atoms with E-state index < -0.39 is 6.09 Å². The van der Waals surface area contributed by atoms with E-state index in [9.17, 15) is 4.79 Å². The fourth-order valence-corrected chi connectivity index (χ4v) is 3.90. The quantitative estimate of drug-likeness (QED) is 0.472. The molecule has 0 radical (unpaired) electrons. The number of nitrogens with zero attached hydrogens (tertiary/aromatic N) is 4. The van der Waals surface area contributed by atoms with Crippen LogP contribution in [0.3, 0.4) is 0 Å². The zero-order valence-electron chi connectivity index (χ0n) is 19.2. The highest BCUT2D eigenvalue weighted by atomic mass is 16.5. The molecule has 2 aliphatic rings. The van der Waals surface area contributed by atoms with E-state index >= 15 is 0 Å². The molecule has 1 saturated carbocycles. The molecule has 10 nitrogen and oxygen atoms in total. The molecule has 1 saturated heterocycles. The Hall–Kier alpha value is -3.66. The van der Waals surface area contributed by atoms with Gasteiger partial charge in [-0.1, -0.05) is 12.1 Å². The summed E-state index contributed by atoms with van der Waals surface area (Å²) in [7, 11) is 2.16. The number of hydrogen-bond donors (Lipinski definition) is 3. The molecule has 0 spiro atoms. The lowest BCUT2D eigenvalue weighted by atomic mass is 10.1. The Kier molecular flexibility index (Phi) is 7.58. The summed E-state index contributed by atoms with van der Waals surface area (Å²) >= 11 is 0. The van der Waals surface area contributed by atoms with Crippen molar-refractivity contribution < 1.29 is 19.4 Å². The van der Waals surface area contributed by atoms with Crippen molar-refractivity contribution in [3.05, 3.63) is 42.6 Å². The van der Waals surface area contributed by atoms with E-state index in [-0.39, 0.29) is 6.47 Å². The summed E-state index contributed by atoms with van der Waals surface area (Å²) in [5, 5.41) is 18.1. The molecule has 1 amide bonds. The Bertz CT molecular complexity index is 1120. The number of carboxylic acid groups (broad SMARTS) is 1. The highest BCUT2D eigenvalue weighted by Crippen LogP contribution is 2.29. The van der Waals surface area contributed by atoms with Crippen LogP contribution >= 0.6 is 0 Å². The maximum absolute atomic E-state index is 12.0. The molecular weight excluding hydrogens is 436 g/mol. The van der Waals surface area contributed by atoms with E-state index in [4.69, 9.17) is 19.7 Å². The number of imidazole rings is 1. The lowest BCUT2D eigenvalue weighted by molar-refractivity contribution is -0.122. The number of benzene rings is 1. The summed E-state index contributed by atoms with van der Waals surface area (Å²) in [5.41, 5.74) is 3.27. The van der Waals surface area contributed by atoms with Crippen LogP contribution in [0.1, 0.15) is 25.7 Å². The van der Waals surface area contributed by atoms with Crippen LogP contribution < -0.4 is 10.6 Å². The van der Waals surface area contributed by atoms with Crippen molar-refractivity contribution in [1.82, 2.24) is 19.5 Å². The Labute approximate surface area is 197 Å². The number of rotatable bonds is 6. The van der Waals surface area contributed by atoms with Gasteiger partial charge in [0.05, 0.1) is 18.5 Å². The van der Waals surface area contributed by atoms with Gasteiger partial charge in [0, 0.05) is 17.3 Å². The number of aromatic nitrogens is 3. The van der Waals surface area contributed by atoms with E-state index in [1.807, 2.05) is 47.1 Å². The molecule has 5 rings (SSSR count). The Balaban J connectivity index is 0.000000868. The predicted octanol–water partition coefficient (Wildman–Crippen LogP) is 3.56. The van der Waals surface area contributed by atoms with Gasteiger partial charge in [-0.25, -0.2) is 14.3 Å². The van der Waals surface area contributed by atoms with Crippen LogP contribution in [0, 0.1) is 5.92 Å². The van der Waals surface area contributed by atoms with Crippen LogP contribution in [0.4, 0.5) is 16.3 Å². The normalized spacial score (nSPS) is 16.4. The van der Waals surface area contributed by atoms with E-state index in [1.165, 1.54) is 0 Å². The van der Waals surface area contributed by atoms with E-state index in [1.54, 1.807) is 0 Å². The Morgan fingerprint density at radius 1 is 1.21 bits per heavy atom. The van der Waals surface area contributed by atoms with E-state index in [0.717, 1.165) is 61.5 Å². The van der Waals surface area contributed by atoms with Crippen LogP contribution in [0.2, 0.25) is 0 Å². The molecule has 180 valence electrons. The van der Waals surface area contributed by atoms with Crippen molar-refractivity contribution >= 4 is 29.7 Å². The number of piperidine rings is 1. The first kappa shape index (κ1) is 23.5. The van der Waals surface area contributed by atoms with Gasteiger partial charge in [0.15, 0.2) is 5.65 Å². The van der Waals surface area contributed by atoms with Gasteiger partial charge in [-0.15, -0.1) is 5.10 Å². The minimum absolute atomic E-state index is 0.250. The van der Waals surface area contributed by atoms with Gasteiger partial charge < -0.3 is 20.1 Å². The number of amides is 1. The van der Waals surface area contributed by atoms with Crippen molar-refractivity contribution in [3.8, 4) is 11.3 Å². The second-order valence-electron chi connectivity index (χ2n) is 8.71. The molecule has 3 heterocycles. The van der Waals surface area contributed by atoms with Crippen molar-refractivity contribution in [1.29, 1.82) is 0 Å². The summed E-state index contributed by atoms with van der Waals surface area (Å²) in [6.45, 7) is 2.44. The van der Waals surface area contributed by atoms with Crippen LogP contribution in [0.15, 0.2) is 42.6 Å². The molecule has 1 aromatic carbocycles. The van der Waals surface area contributed by atoms with Crippen molar-refractivity contribution in [2.75, 3.05) is 37.4 Å². The number of hydrogen-bond acceptors (Lipinski definition) is 7. The summed E-state index contributed by atoms with van der Waals surface area (Å²) in [6.07, 6.45) is 5.92. The molecule has 0 atom stereocenters. The number of nitrogens with one attached hydrogen (secondary N) is 2. The second kappa shape index (κ2) is 11.0. The SMILES string of the molecule is CN1CCC(Nc2ccc3ncc(-c4cccc(NC(=O)OCC5CC5)c4)n3n2)CC1.O=CO. The standard InChI is InChI=1S/C23H28N6O2.CH2O2/c1-28-11-9-18(10-12-28)25-21-7-8-22-24-14-20(29(22)27-21)17-3-2-4-19(13-17)26-23(30)31-15-16-5-6-16;2-1-3/h2-4,7-8,13-14,16,18H,5-6,9-12,15H2,1H3,(H,25,27)(H,26,30);1H,(H,2,3). The molecule has 1 aliphatic carbocycles. The Morgan fingerprint density at radius 3 is 2.71 bits per heavy atom. The molecule has 0 unspecified atom stereocenters. The van der Waals surface area contributed by atoms with Gasteiger partial charge in [0.25, 0.3) is 6.47 Å². The fraction of sp³-hybridized carbons (Fsp3) is 0.417. The molecule has 1 aliphatic heterocycles. The van der Waals surface area contributed by atoms with Crippen LogP contribution in [0.5, 0.6) is 0 Å². The summed E-state index contributed by atoms with van der Waals surface area (Å²) < 4.78 is 7.12. The molecule has 3 aromatic rings. The average Bonchev–Trinajstić information content (AvgIpc) is 3.57. The summed E-state index contributed by atoms with van der Waals surface area (Å²) in [6, 6.07) is 12.1. The fourth-order valence-electron chi connectivity index (χ4n) is 3.90. The lowest BCUT2D eigenvalue weighted by Gasteiger charge is -2.29. The number of anilines is 2. The summed E-state index contributed by atoms with van der Waals surface area (Å²) in [5.74, 6) is 1.39. The average molecular weight is 467 g/mol. The van der Waals surface area contributed by atoms with Crippen LogP contribution in [-0.2, 0) is 9.53 Å². The maximum atomic E-state index is 12.0. The third-order valence-electron chi connectivity index (χ3n) is 5.98. The largest absolute Gasteiger partial charge is 0.483 e. The van der Waals surface area contributed by atoms with Crippen LogP contribution in [0.25, 0.3) is 16.9 Å². The first-order valence-corrected chi connectivity index (χ1v) is 11.5. The first-order valence-electron chi connectivity index (χ1n) is 11.5. The third-order valence-corrected chi connectivity index (χ3v) is 5.98. The first-order chi connectivity index (χ1) is 16.6. The van der Waals surface area contributed by atoms with Gasteiger partial charge in [-0.05, 0) is 76.0 Å². The highest BCUT2D eigenvalue weighted by Gasteiger charge is 2.23. The monoisotopic (exact) mass is 466 g/mol. The molecule has 0 bridgehead atoms. The minimum Gasteiger partial charge on any atom is -0.483 e.